The van der Waals surface area contributed by atoms with Gasteiger partial charge in [0, 0.05) is 29.9 Å². The highest BCUT2D eigenvalue weighted by Crippen LogP contribution is 2.44. The van der Waals surface area contributed by atoms with E-state index in [1.165, 1.54) is 16.4 Å². The average Bonchev–Trinajstić information content (AvgIpc) is 2.91. The average molecular weight is 509 g/mol. The quantitative estimate of drug-likeness (QED) is 0.509. The van der Waals surface area contributed by atoms with Crippen LogP contribution in [-0.4, -0.2) is 57.5 Å². The highest BCUT2D eigenvalue weighted by molar-refractivity contribution is 7.89. The fourth-order valence-corrected chi connectivity index (χ4v) is 5.71. The van der Waals surface area contributed by atoms with E-state index in [0.717, 1.165) is 0 Å². The van der Waals surface area contributed by atoms with Gasteiger partial charge in [-0.25, -0.2) is 8.42 Å². The lowest BCUT2D eigenvalue weighted by atomic mass is 9.88. The number of nitrogens with zero attached hydrogens (tertiary/aromatic N) is 1. The van der Waals surface area contributed by atoms with Gasteiger partial charge in [-0.3, -0.25) is 9.59 Å². The molecule has 9 nitrogen and oxygen atoms in total. The summed E-state index contributed by atoms with van der Waals surface area (Å²) in [6, 6.07) is 20.3. The summed E-state index contributed by atoms with van der Waals surface area (Å²) in [6.07, 6.45) is 0. The van der Waals surface area contributed by atoms with E-state index in [1.54, 1.807) is 48.5 Å². The molecule has 10 heteroatoms. The number of nitrogens with one attached hydrogen (secondary N) is 1. The fourth-order valence-electron chi connectivity index (χ4n) is 4.25. The van der Waals surface area contributed by atoms with E-state index < -0.39 is 34.4 Å². The third-order valence-electron chi connectivity index (χ3n) is 5.99. The van der Waals surface area contributed by atoms with Gasteiger partial charge in [0.25, 0.3) is 5.91 Å². The van der Waals surface area contributed by atoms with Gasteiger partial charge in [0.05, 0.1) is 18.1 Å². The van der Waals surface area contributed by atoms with Crippen molar-refractivity contribution >= 4 is 27.6 Å². The molecule has 1 N–H and O–H groups in total. The van der Waals surface area contributed by atoms with Gasteiger partial charge in [0.1, 0.15) is 17.4 Å². The maximum absolute atomic E-state index is 13.1. The summed E-state index contributed by atoms with van der Waals surface area (Å²) in [4.78, 5) is 25.7. The number of morpholine rings is 1. The molecule has 36 heavy (non-hydrogen) atoms. The number of rotatable bonds is 6. The molecule has 0 spiro atoms. The van der Waals surface area contributed by atoms with Crippen molar-refractivity contribution in [1.29, 1.82) is 0 Å². The Morgan fingerprint density at radius 3 is 2.22 bits per heavy atom. The standard InChI is InChI=1S/C26H24N2O7S/c29-24(27-18-6-5-7-19(16-18)36(31,32)28-12-14-33-15-13-28)17-34-26(30)25-20-8-1-3-10-22(20)35-23-11-4-2-9-21(23)25/h1-11,16,25H,12-15,17H2,(H,27,29). The van der Waals surface area contributed by atoms with Crippen molar-refractivity contribution in [3.05, 3.63) is 83.9 Å². The second-order valence-corrected chi connectivity index (χ2v) is 10.2. The van der Waals surface area contributed by atoms with Crippen LogP contribution in [0.1, 0.15) is 17.0 Å². The molecule has 3 aromatic rings. The van der Waals surface area contributed by atoms with Crippen LogP contribution in [0.2, 0.25) is 0 Å². The Labute approximate surface area is 208 Å². The Morgan fingerprint density at radius 2 is 1.56 bits per heavy atom. The van der Waals surface area contributed by atoms with Gasteiger partial charge in [-0.1, -0.05) is 42.5 Å². The Morgan fingerprint density at radius 1 is 0.917 bits per heavy atom. The highest BCUT2D eigenvalue weighted by Gasteiger charge is 2.34. The van der Waals surface area contributed by atoms with Gasteiger partial charge in [-0.05, 0) is 30.3 Å². The molecule has 1 saturated heterocycles. The van der Waals surface area contributed by atoms with Crippen LogP contribution < -0.4 is 10.1 Å². The summed E-state index contributed by atoms with van der Waals surface area (Å²) in [7, 11) is -3.71. The number of ether oxygens (including phenoxy) is 3. The summed E-state index contributed by atoms with van der Waals surface area (Å²) in [5.41, 5.74) is 1.59. The van der Waals surface area contributed by atoms with E-state index >= 15 is 0 Å². The third kappa shape index (κ3) is 4.83. The molecule has 1 fully saturated rings. The number of para-hydroxylation sites is 2. The summed E-state index contributed by atoms with van der Waals surface area (Å²) >= 11 is 0. The number of amides is 1. The first-order valence-corrected chi connectivity index (χ1v) is 12.9. The molecule has 186 valence electrons. The van der Waals surface area contributed by atoms with Crippen molar-refractivity contribution in [2.24, 2.45) is 0 Å². The Hall–Kier alpha value is -3.73. The number of hydrogen-bond acceptors (Lipinski definition) is 7. The molecule has 2 heterocycles. The van der Waals surface area contributed by atoms with Crippen LogP contribution in [0.4, 0.5) is 5.69 Å². The number of carbonyl (C=O) groups is 2. The lowest BCUT2D eigenvalue weighted by Crippen LogP contribution is -2.40. The molecular weight excluding hydrogens is 484 g/mol. The van der Waals surface area contributed by atoms with Crippen molar-refractivity contribution in [2.75, 3.05) is 38.2 Å². The molecule has 0 unspecified atom stereocenters. The SMILES string of the molecule is O=C(COC(=O)C1c2ccccc2Oc2ccccc21)Nc1cccc(S(=O)(=O)N2CCOCC2)c1. The van der Waals surface area contributed by atoms with Crippen LogP contribution in [0, 0.1) is 0 Å². The second-order valence-electron chi connectivity index (χ2n) is 8.31. The summed E-state index contributed by atoms with van der Waals surface area (Å²) in [5.74, 6) is -0.794. The number of anilines is 1. The van der Waals surface area contributed by atoms with Crippen molar-refractivity contribution < 1.29 is 32.2 Å². The first kappa shape index (κ1) is 24.0. The van der Waals surface area contributed by atoms with Crippen LogP contribution in [0.15, 0.2) is 77.7 Å². The minimum absolute atomic E-state index is 0.0645. The van der Waals surface area contributed by atoms with Gasteiger partial charge in [0.2, 0.25) is 10.0 Å². The first-order chi connectivity index (χ1) is 17.4. The van der Waals surface area contributed by atoms with Gasteiger partial charge < -0.3 is 19.5 Å². The molecule has 0 saturated carbocycles. The minimum Gasteiger partial charge on any atom is -0.457 e. The number of benzene rings is 3. The number of esters is 1. The van der Waals surface area contributed by atoms with E-state index in [0.29, 0.717) is 35.8 Å². The molecule has 0 radical (unpaired) electrons. The maximum atomic E-state index is 13.1. The Balaban J connectivity index is 1.26. The fraction of sp³-hybridized carbons (Fsp3) is 0.231. The topological polar surface area (TPSA) is 111 Å². The lowest BCUT2D eigenvalue weighted by molar-refractivity contribution is -0.148. The van der Waals surface area contributed by atoms with E-state index in [9.17, 15) is 18.0 Å². The van der Waals surface area contributed by atoms with Crippen molar-refractivity contribution in [3.8, 4) is 11.5 Å². The van der Waals surface area contributed by atoms with Crippen LogP contribution >= 0.6 is 0 Å². The molecule has 1 amide bonds. The number of hydrogen-bond donors (Lipinski definition) is 1. The Bertz CT molecular complexity index is 1360. The summed E-state index contributed by atoms with van der Waals surface area (Å²) in [6.45, 7) is 0.688. The van der Waals surface area contributed by atoms with Gasteiger partial charge in [-0.2, -0.15) is 4.31 Å². The number of fused-ring (bicyclic) bond motifs is 2. The maximum Gasteiger partial charge on any atom is 0.318 e. The van der Waals surface area contributed by atoms with Crippen molar-refractivity contribution in [1.82, 2.24) is 4.31 Å². The van der Waals surface area contributed by atoms with E-state index in [-0.39, 0.29) is 23.7 Å². The number of carbonyl (C=O) groups excluding carboxylic acids is 2. The molecule has 3 aromatic carbocycles. The molecule has 0 bridgehead atoms. The van der Waals surface area contributed by atoms with Crippen LogP contribution in [-0.2, 0) is 29.1 Å². The second kappa shape index (κ2) is 10.1. The van der Waals surface area contributed by atoms with Crippen molar-refractivity contribution in [3.63, 3.8) is 0 Å². The van der Waals surface area contributed by atoms with Crippen molar-refractivity contribution in [2.45, 2.75) is 10.8 Å². The zero-order chi connectivity index (χ0) is 25.1. The largest absolute Gasteiger partial charge is 0.457 e. The van der Waals surface area contributed by atoms with Gasteiger partial charge in [-0.15, -0.1) is 0 Å². The first-order valence-electron chi connectivity index (χ1n) is 11.4. The zero-order valence-electron chi connectivity index (χ0n) is 19.3. The molecular formula is C26H24N2O7S. The predicted molar refractivity (Wildman–Crippen MR) is 130 cm³/mol. The molecule has 0 atom stereocenters. The Kier molecular flexibility index (Phi) is 6.73. The monoisotopic (exact) mass is 508 g/mol. The van der Waals surface area contributed by atoms with E-state index in [2.05, 4.69) is 5.32 Å². The minimum atomic E-state index is -3.71. The van der Waals surface area contributed by atoms with Gasteiger partial charge in [0.15, 0.2) is 6.61 Å². The summed E-state index contributed by atoms with van der Waals surface area (Å²) in [5, 5.41) is 2.61. The lowest BCUT2D eigenvalue weighted by Gasteiger charge is -2.26. The van der Waals surface area contributed by atoms with Crippen LogP contribution in [0.3, 0.4) is 0 Å². The molecule has 2 aliphatic rings. The molecule has 0 aromatic heterocycles. The van der Waals surface area contributed by atoms with Crippen LogP contribution in [0.25, 0.3) is 0 Å². The summed E-state index contributed by atoms with van der Waals surface area (Å²) < 4.78 is 43.6. The molecule has 0 aliphatic carbocycles. The molecule has 5 rings (SSSR count). The normalized spacial score (nSPS) is 15.8. The van der Waals surface area contributed by atoms with E-state index in [4.69, 9.17) is 14.2 Å². The van der Waals surface area contributed by atoms with Gasteiger partial charge >= 0.3 is 5.97 Å². The predicted octanol–water partition coefficient (Wildman–Crippen LogP) is 3.13. The smallest absolute Gasteiger partial charge is 0.318 e. The van der Waals surface area contributed by atoms with E-state index in [1.807, 2.05) is 12.1 Å². The van der Waals surface area contributed by atoms with Crippen LogP contribution in [0.5, 0.6) is 11.5 Å². The number of sulfonamides is 1. The highest BCUT2D eigenvalue weighted by atomic mass is 32.2. The third-order valence-corrected chi connectivity index (χ3v) is 7.88. The zero-order valence-corrected chi connectivity index (χ0v) is 20.1. The molecule has 2 aliphatic heterocycles.